The van der Waals surface area contributed by atoms with E-state index in [0.717, 1.165) is 6.08 Å². The second-order valence-electron chi connectivity index (χ2n) is 3.93. The summed E-state index contributed by atoms with van der Waals surface area (Å²) in [6.45, 7) is 0. The van der Waals surface area contributed by atoms with Crippen molar-refractivity contribution in [1.29, 1.82) is 0 Å². The van der Waals surface area contributed by atoms with Gasteiger partial charge in [-0.25, -0.2) is 0 Å². The molecule has 4 nitrogen and oxygen atoms in total. The summed E-state index contributed by atoms with van der Waals surface area (Å²) < 4.78 is 0. The molecule has 0 atom stereocenters. The van der Waals surface area contributed by atoms with E-state index in [2.05, 4.69) is 0 Å². The van der Waals surface area contributed by atoms with Gasteiger partial charge in [-0.1, -0.05) is 24.3 Å². The van der Waals surface area contributed by atoms with E-state index in [-0.39, 0.29) is 28.4 Å². The van der Waals surface area contributed by atoms with Gasteiger partial charge in [-0.05, 0) is 24.3 Å². The van der Waals surface area contributed by atoms with E-state index in [0.29, 0.717) is 0 Å². The fourth-order valence-corrected chi connectivity index (χ4v) is 1.65. The predicted octanol–water partition coefficient (Wildman–Crippen LogP) is 2.88. The third-order valence-electron chi connectivity index (χ3n) is 2.62. The fourth-order valence-electron chi connectivity index (χ4n) is 1.65. The summed E-state index contributed by atoms with van der Waals surface area (Å²) in [6, 6.07) is 12.2. The summed E-state index contributed by atoms with van der Waals surface area (Å²) in [4.78, 5) is 11.9. The summed E-state index contributed by atoms with van der Waals surface area (Å²) >= 11 is 0. The third-order valence-corrected chi connectivity index (χ3v) is 2.62. The lowest BCUT2D eigenvalue weighted by Crippen LogP contribution is -1.97. The van der Waals surface area contributed by atoms with Crippen molar-refractivity contribution in [2.24, 2.45) is 0 Å². The summed E-state index contributed by atoms with van der Waals surface area (Å²) in [5, 5.41) is 28.9. The van der Waals surface area contributed by atoms with Crippen molar-refractivity contribution in [2.45, 2.75) is 0 Å². The van der Waals surface area contributed by atoms with Crippen molar-refractivity contribution in [3.63, 3.8) is 0 Å². The zero-order chi connectivity index (χ0) is 13.8. The van der Waals surface area contributed by atoms with Gasteiger partial charge < -0.3 is 15.3 Å². The molecule has 0 fully saturated rings. The summed E-state index contributed by atoms with van der Waals surface area (Å²) in [5.41, 5.74) is 0.246. The lowest BCUT2D eigenvalue weighted by Gasteiger charge is -2.03. The number of ketones is 1. The Balaban J connectivity index is 2.34. The van der Waals surface area contributed by atoms with Gasteiger partial charge in [0.2, 0.25) is 0 Å². The number of rotatable bonds is 3. The Morgan fingerprint density at radius 2 is 1.32 bits per heavy atom. The molecule has 0 aliphatic rings. The van der Waals surface area contributed by atoms with E-state index in [1.165, 1.54) is 24.3 Å². The van der Waals surface area contributed by atoms with Crippen molar-refractivity contribution in [3.05, 3.63) is 65.7 Å². The van der Waals surface area contributed by atoms with E-state index in [9.17, 15) is 20.1 Å². The number of phenols is 2. The highest BCUT2D eigenvalue weighted by Crippen LogP contribution is 2.24. The van der Waals surface area contributed by atoms with Crippen LogP contribution in [0.1, 0.15) is 15.9 Å². The molecule has 0 aliphatic heterocycles. The van der Waals surface area contributed by atoms with Crippen LogP contribution in [0.4, 0.5) is 0 Å². The number of aliphatic hydroxyl groups excluding tert-OH is 1. The Hall–Kier alpha value is -2.75. The van der Waals surface area contributed by atoms with E-state index >= 15 is 0 Å². The SMILES string of the molecule is O=C(C=C(O)c1ccccc1O)c1ccccc1O. The number of phenolic OH excluding ortho intramolecular Hbond substituents is 2. The van der Waals surface area contributed by atoms with Gasteiger partial charge in [0, 0.05) is 6.08 Å². The molecule has 0 aliphatic carbocycles. The topological polar surface area (TPSA) is 77.8 Å². The number of benzene rings is 2. The highest BCUT2D eigenvalue weighted by atomic mass is 16.3. The van der Waals surface area contributed by atoms with Crippen LogP contribution >= 0.6 is 0 Å². The van der Waals surface area contributed by atoms with Crippen LogP contribution in [0.25, 0.3) is 5.76 Å². The molecule has 96 valence electrons. The van der Waals surface area contributed by atoms with Crippen LogP contribution in [0.15, 0.2) is 54.6 Å². The van der Waals surface area contributed by atoms with Gasteiger partial charge in [-0.15, -0.1) is 0 Å². The second kappa shape index (κ2) is 5.27. The van der Waals surface area contributed by atoms with Crippen LogP contribution in [0, 0.1) is 0 Å². The Labute approximate surface area is 109 Å². The number of para-hydroxylation sites is 2. The van der Waals surface area contributed by atoms with Gasteiger partial charge in [0.25, 0.3) is 0 Å². The molecule has 0 unspecified atom stereocenters. The van der Waals surface area contributed by atoms with Gasteiger partial charge in [-0.3, -0.25) is 4.79 Å². The van der Waals surface area contributed by atoms with Crippen LogP contribution in [0.5, 0.6) is 11.5 Å². The minimum atomic E-state index is -0.543. The van der Waals surface area contributed by atoms with Gasteiger partial charge >= 0.3 is 0 Å². The molecule has 0 bridgehead atoms. The molecule has 0 spiro atoms. The fraction of sp³-hybridized carbons (Fsp3) is 0. The molecule has 0 aromatic heterocycles. The molecular formula is C15H12O4. The Kier molecular flexibility index (Phi) is 3.52. The molecule has 2 rings (SSSR count). The van der Waals surface area contributed by atoms with Crippen LogP contribution in [-0.2, 0) is 0 Å². The molecule has 0 saturated heterocycles. The maximum absolute atomic E-state index is 11.9. The van der Waals surface area contributed by atoms with Crippen molar-refractivity contribution in [2.75, 3.05) is 0 Å². The van der Waals surface area contributed by atoms with E-state index in [4.69, 9.17) is 0 Å². The van der Waals surface area contributed by atoms with E-state index in [1.807, 2.05) is 0 Å². The molecule has 0 saturated carbocycles. The van der Waals surface area contributed by atoms with Crippen molar-refractivity contribution in [1.82, 2.24) is 0 Å². The van der Waals surface area contributed by atoms with E-state index < -0.39 is 5.78 Å². The highest BCUT2D eigenvalue weighted by Gasteiger charge is 2.11. The lowest BCUT2D eigenvalue weighted by atomic mass is 10.1. The first-order chi connectivity index (χ1) is 9.09. The number of hydrogen-bond acceptors (Lipinski definition) is 4. The molecule has 0 radical (unpaired) electrons. The monoisotopic (exact) mass is 256 g/mol. The zero-order valence-electron chi connectivity index (χ0n) is 9.95. The van der Waals surface area contributed by atoms with Gasteiger partial charge in [0.1, 0.15) is 17.3 Å². The summed E-state index contributed by atoms with van der Waals surface area (Å²) in [5.74, 6) is -1.18. The van der Waals surface area contributed by atoms with Crippen LogP contribution in [0.2, 0.25) is 0 Å². The zero-order valence-corrected chi connectivity index (χ0v) is 9.95. The standard InChI is InChI=1S/C15H12O4/c16-12-7-3-1-5-10(12)14(18)9-15(19)11-6-2-4-8-13(11)17/h1-9,16-18H. The number of allylic oxidation sites excluding steroid dienone is 1. The number of aliphatic hydroxyl groups is 1. The summed E-state index contributed by atoms with van der Waals surface area (Å²) in [7, 11) is 0. The van der Waals surface area contributed by atoms with Gasteiger partial charge in [0.05, 0.1) is 11.1 Å². The first-order valence-electron chi connectivity index (χ1n) is 5.61. The number of carbonyl (C=O) groups excluding carboxylic acids is 1. The largest absolute Gasteiger partial charge is 0.507 e. The van der Waals surface area contributed by atoms with Crippen molar-refractivity contribution >= 4 is 11.5 Å². The number of carbonyl (C=O) groups is 1. The molecule has 0 amide bonds. The van der Waals surface area contributed by atoms with Gasteiger partial charge in [0.15, 0.2) is 5.78 Å². The normalized spacial score (nSPS) is 11.3. The quantitative estimate of drug-likeness (QED) is 0.448. The average molecular weight is 256 g/mol. The lowest BCUT2D eigenvalue weighted by molar-refractivity contribution is 0.104. The number of hydrogen-bond donors (Lipinski definition) is 3. The smallest absolute Gasteiger partial charge is 0.193 e. The van der Waals surface area contributed by atoms with Crippen molar-refractivity contribution in [3.8, 4) is 11.5 Å². The molecule has 19 heavy (non-hydrogen) atoms. The van der Waals surface area contributed by atoms with Crippen LogP contribution in [-0.4, -0.2) is 21.1 Å². The third kappa shape index (κ3) is 2.74. The highest BCUT2D eigenvalue weighted by molar-refractivity contribution is 6.09. The number of aromatic hydroxyl groups is 2. The molecule has 3 N–H and O–H groups in total. The minimum Gasteiger partial charge on any atom is -0.507 e. The Morgan fingerprint density at radius 3 is 1.84 bits per heavy atom. The molecule has 2 aromatic carbocycles. The summed E-state index contributed by atoms with van der Waals surface area (Å²) in [6.07, 6.45) is 0.962. The Bertz CT molecular complexity index is 644. The van der Waals surface area contributed by atoms with Crippen LogP contribution in [0.3, 0.4) is 0 Å². The maximum Gasteiger partial charge on any atom is 0.193 e. The Morgan fingerprint density at radius 1 is 0.842 bits per heavy atom. The first-order valence-corrected chi connectivity index (χ1v) is 5.61. The molecule has 4 heteroatoms. The second-order valence-corrected chi connectivity index (χ2v) is 3.93. The maximum atomic E-state index is 11.9. The average Bonchev–Trinajstić information content (AvgIpc) is 2.39. The van der Waals surface area contributed by atoms with Crippen LogP contribution < -0.4 is 0 Å². The molecule has 0 heterocycles. The van der Waals surface area contributed by atoms with Crippen molar-refractivity contribution < 1.29 is 20.1 Å². The van der Waals surface area contributed by atoms with E-state index in [1.54, 1.807) is 24.3 Å². The molecule has 2 aromatic rings. The predicted molar refractivity (Wildman–Crippen MR) is 71.1 cm³/mol. The first kappa shape index (κ1) is 12.7. The minimum absolute atomic E-state index is 0.0875. The van der Waals surface area contributed by atoms with Gasteiger partial charge in [-0.2, -0.15) is 0 Å². The molecular weight excluding hydrogens is 244 g/mol.